The third-order valence-electron chi connectivity index (χ3n) is 3.84. The van der Waals surface area contributed by atoms with Gasteiger partial charge in [0.2, 0.25) is 5.91 Å². The zero-order valence-corrected chi connectivity index (χ0v) is 14.9. The second-order valence-corrected chi connectivity index (χ2v) is 7.30. The minimum Gasteiger partial charge on any atom is -0.508 e. The molecule has 1 fully saturated rings. The number of carbonyl (C=O) groups is 2. The molecule has 25 heavy (non-hydrogen) atoms. The van der Waals surface area contributed by atoms with Crippen LogP contribution in [0.5, 0.6) is 5.75 Å². The van der Waals surface area contributed by atoms with Crippen molar-refractivity contribution >= 4 is 12.0 Å². The van der Waals surface area contributed by atoms with Gasteiger partial charge >= 0.3 is 6.09 Å². The standard InChI is InChI=1S/C18H26N2O5/c1-18(2,3)25-17(24)19-15(10-12-4-6-13(21)7-5-12)16(23)20-9-8-14(22)11-20/h4-7,14-15,21-22H,8-11H2,1-3H3,(H,19,24)/t14?,15-/m0/s1. The largest absolute Gasteiger partial charge is 0.508 e. The van der Waals surface area contributed by atoms with Crippen molar-refractivity contribution in [3.63, 3.8) is 0 Å². The number of aromatic hydroxyl groups is 1. The van der Waals surface area contributed by atoms with Crippen LogP contribution in [0.4, 0.5) is 4.79 Å². The van der Waals surface area contributed by atoms with Crippen molar-refractivity contribution in [2.45, 2.75) is 51.4 Å². The highest BCUT2D eigenvalue weighted by molar-refractivity contribution is 5.86. The number of nitrogens with zero attached hydrogens (tertiary/aromatic N) is 1. The highest BCUT2D eigenvalue weighted by atomic mass is 16.6. The van der Waals surface area contributed by atoms with Gasteiger partial charge in [0.25, 0.3) is 0 Å². The molecule has 2 amide bonds. The van der Waals surface area contributed by atoms with Crippen molar-refractivity contribution in [2.75, 3.05) is 13.1 Å². The summed E-state index contributed by atoms with van der Waals surface area (Å²) in [5, 5.41) is 21.7. The van der Waals surface area contributed by atoms with E-state index in [4.69, 9.17) is 4.74 Å². The molecule has 1 unspecified atom stereocenters. The predicted molar refractivity (Wildman–Crippen MR) is 92.2 cm³/mol. The van der Waals surface area contributed by atoms with E-state index in [1.165, 1.54) is 12.1 Å². The Hall–Kier alpha value is -2.28. The lowest BCUT2D eigenvalue weighted by atomic mass is 10.0. The SMILES string of the molecule is CC(C)(C)OC(=O)N[C@@H](Cc1ccc(O)cc1)C(=O)N1CCC(O)C1. The number of hydrogen-bond donors (Lipinski definition) is 3. The highest BCUT2D eigenvalue weighted by Gasteiger charge is 2.32. The maximum Gasteiger partial charge on any atom is 0.408 e. The van der Waals surface area contributed by atoms with Gasteiger partial charge in [-0.25, -0.2) is 4.79 Å². The van der Waals surface area contributed by atoms with E-state index in [1.54, 1.807) is 37.8 Å². The van der Waals surface area contributed by atoms with Crippen molar-refractivity contribution in [1.29, 1.82) is 0 Å². The Morgan fingerprint density at radius 1 is 1.32 bits per heavy atom. The van der Waals surface area contributed by atoms with E-state index in [9.17, 15) is 19.8 Å². The minimum absolute atomic E-state index is 0.134. The number of β-amino-alcohol motifs (C(OH)–C–C–N with tert-alkyl or cyclic N) is 1. The monoisotopic (exact) mass is 350 g/mol. The second kappa shape index (κ2) is 7.74. The molecule has 1 aliphatic heterocycles. The number of aliphatic hydroxyl groups is 1. The minimum atomic E-state index is -0.801. The fourth-order valence-corrected chi connectivity index (χ4v) is 2.68. The average Bonchev–Trinajstić information content (AvgIpc) is 2.92. The van der Waals surface area contributed by atoms with Crippen LogP contribution < -0.4 is 5.32 Å². The van der Waals surface area contributed by atoms with E-state index < -0.39 is 23.8 Å². The molecule has 1 heterocycles. The van der Waals surface area contributed by atoms with Crippen LogP contribution in [0.2, 0.25) is 0 Å². The molecular weight excluding hydrogens is 324 g/mol. The summed E-state index contributed by atoms with van der Waals surface area (Å²) in [5.74, 6) is -0.120. The van der Waals surface area contributed by atoms with Crippen LogP contribution in [-0.2, 0) is 16.0 Å². The van der Waals surface area contributed by atoms with E-state index in [1.807, 2.05) is 0 Å². The molecule has 0 saturated carbocycles. The van der Waals surface area contributed by atoms with Gasteiger partial charge in [-0.3, -0.25) is 4.79 Å². The lowest BCUT2D eigenvalue weighted by molar-refractivity contribution is -0.132. The fourth-order valence-electron chi connectivity index (χ4n) is 2.68. The molecule has 1 aliphatic rings. The van der Waals surface area contributed by atoms with E-state index in [-0.39, 0.29) is 24.6 Å². The molecule has 0 aliphatic carbocycles. The Morgan fingerprint density at radius 2 is 1.96 bits per heavy atom. The van der Waals surface area contributed by atoms with Gasteiger partial charge in [-0.1, -0.05) is 12.1 Å². The summed E-state index contributed by atoms with van der Waals surface area (Å²) in [5.41, 5.74) is 0.131. The number of phenolic OH excluding ortho intramolecular Hbond substituents is 1. The van der Waals surface area contributed by atoms with Gasteiger partial charge < -0.3 is 25.2 Å². The van der Waals surface area contributed by atoms with Crippen molar-refractivity contribution in [3.8, 4) is 5.75 Å². The zero-order chi connectivity index (χ0) is 18.6. The summed E-state index contributed by atoms with van der Waals surface area (Å²) < 4.78 is 5.25. The molecule has 0 aromatic heterocycles. The highest BCUT2D eigenvalue weighted by Crippen LogP contribution is 2.16. The van der Waals surface area contributed by atoms with Crippen molar-refractivity contribution in [3.05, 3.63) is 29.8 Å². The number of alkyl carbamates (subject to hydrolysis) is 1. The molecule has 3 N–H and O–H groups in total. The smallest absolute Gasteiger partial charge is 0.408 e. The lowest BCUT2D eigenvalue weighted by Crippen LogP contribution is -2.50. The first-order valence-electron chi connectivity index (χ1n) is 8.38. The van der Waals surface area contributed by atoms with Crippen LogP contribution >= 0.6 is 0 Å². The Morgan fingerprint density at radius 3 is 2.48 bits per heavy atom. The number of amides is 2. The summed E-state index contributed by atoms with van der Waals surface area (Å²) in [6, 6.07) is 5.66. The number of rotatable bonds is 4. The van der Waals surface area contributed by atoms with Crippen molar-refractivity contribution < 1.29 is 24.5 Å². The van der Waals surface area contributed by atoms with Gasteiger partial charge in [0.15, 0.2) is 0 Å². The average molecular weight is 350 g/mol. The Bertz CT molecular complexity index is 609. The summed E-state index contributed by atoms with van der Waals surface area (Å²) in [6.45, 7) is 5.98. The maximum absolute atomic E-state index is 12.8. The van der Waals surface area contributed by atoms with Crippen molar-refractivity contribution in [1.82, 2.24) is 10.2 Å². The van der Waals surface area contributed by atoms with Gasteiger partial charge in [0.05, 0.1) is 6.10 Å². The number of nitrogens with one attached hydrogen (secondary N) is 1. The molecule has 1 aromatic rings. The van der Waals surface area contributed by atoms with E-state index >= 15 is 0 Å². The summed E-state index contributed by atoms with van der Waals surface area (Å²) in [6.07, 6.45) is -0.390. The van der Waals surface area contributed by atoms with Crippen LogP contribution in [0.1, 0.15) is 32.8 Å². The first-order valence-corrected chi connectivity index (χ1v) is 8.38. The van der Waals surface area contributed by atoms with Gasteiger partial charge in [-0.15, -0.1) is 0 Å². The third kappa shape index (κ3) is 5.94. The van der Waals surface area contributed by atoms with Crippen LogP contribution in [0.25, 0.3) is 0 Å². The second-order valence-electron chi connectivity index (χ2n) is 7.30. The number of aliphatic hydroxyl groups excluding tert-OH is 1. The molecule has 2 rings (SSSR count). The Kier molecular flexibility index (Phi) is 5.89. The van der Waals surface area contributed by atoms with Gasteiger partial charge in [0.1, 0.15) is 17.4 Å². The maximum atomic E-state index is 12.8. The Labute approximate surface area is 147 Å². The number of ether oxygens (including phenoxy) is 1. The number of hydrogen-bond acceptors (Lipinski definition) is 5. The van der Waals surface area contributed by atoms with Crippen LogP contribution in [-0.4, -0.2) is 57.9 Å². The van der Waals surface area contributed by atoms with Gasteiger partial charge in [-0.05, 0) is 44.9 Å². The lowest BCUT2D eigenvalue weighted by Gasteiger charge is -2.26. The number of benzene rings is 1. The molecule has 0 radical (unpaired) electrons. The first kappa shape index (κ1) is 19.1. The Balaban J connectivity index is 2.11. The molecule has 1 aromatic carbocycles. The zero-order valence-electron chi connectivity index (χ0n) is 14.9. The fraction of sp³-hybridized carbons (Fsp3) is 0.556. The van der Waals surface area contributed by atoms with E-state index in [0.717, 1.165) is 5.56 Å². The van der Waals surface area contributed by atoms with E-state index in [2.05, 4.69) is 5.32 Å². The molecule has 1 saturated heterocycles. The molecule has 2 atom stereocenters. The van der Waals surface area contributed by atoms with Crippen LogP contribution in [0.3, 0.4) is 0 Å². The summed E-state index contributed by atoms with van der Waals surface area (Å²) in [4.78, 5) is 26.4. The number of carbonyl (C=O) groups excluding carboxylic acids is 2. The normalized spacial score (nSPS) is 18.7. The summed E-state index contributed by atoms with van der Waals surface area (Å²) in [7, 11) is 0. The first-order chi connectivity index (χ1) is 11.6. The van der Waals surface area contributed by atoms with Gasteiger partial charge in [-0.2, -0.15) is 0 Å². The number of likely N-dealkylation sites (tertiary alicyclic amines) is 1. The molecule has 0 spiro atoms. The van der Waals surface area contributed by atoms with Crippen molar-refractivity contribution in [2.24, 2.45) is 0 Å². The molecule has 0 bridgehead atoms. The van der Waals surface area contributed by atoms with Gasteiger partial charge in [0, 0.05) is 19.5 Å². The third-order valence-corrected chi connectivity index (χ3v) is 3.84. The molecule has 7 heteroatoms. The summed E-state index contributed by atoms with van der Waals surface area (Å²) >= 11 is 0. The number of phenols is 1. The molecular formula is C18H26N2O5. The van der Waals surface area contributed by atoms with E-state index in [0.29, 0.717) is 13.0 Å². The molecule has 138 valence electrons. The quantitative estimate of drug-likeness (QED) is 0.763. The van der Waals surface area contributed by atoms with Crippen LogP contribution in [0.15, 0.2) is 24.3 Å². The van der Waals surface area contributed by atoms with Crippen LogP contribution in [0, 0.1) is 0 Å². The topological polar surface area (TPSA) is 99.1 Å². The molecule has 7 nitrogen and oxygen atoms in total. The predicted octanol–water partition coefficient (Wildman–Crippen LogP) is 1.42.